The molecule has 2 aromatic heterocycles. The summed E-state index contributed by atoms with van der Waals surface area (Å²) in [7, 11) is 0. The molecule has 9 rings (SSSR count). The maximum atomic E-state index is 9.53. The van der Waals surface area contributed by atoms with Gasteiger partial charge in [0.25, 0.3) is 0 Å². The van der Waals surface area contributed by atoms with Crippen LogP contribution in [0.4, 0.5) is 0 Å². The smallest absolute Gasteiger partial charge is 0.160 e. The molecule has 2 heterocycles. The molecule has 0 unspecified atom stereocenters. The summed E-state index contributed by atoms with van der Waals surface area (Å²) in [5.74, 6) is 0.687. The van der Waals surface area contributed by atoms with Gasteiger partial charge in [0.2, 0.25) is 0 Å². The van der Waals surface area contributed by atoms with Crippen molar-refractivity contribution in [2.45, 2.75) is 19.3 Å². The molecule has 240 valence electrons. The highest BCUT2D eigenvalue weighted by Crippen LogP contribution is 2.51. The second-order valence-corrected chi connectivity index (χ2v) is 13.7. The minimum absolute atomic E-state index is 0.219. The average molecular weight is 653 g/mol. The van der Waals surface area contributed by atoms with Gasteiger partial charge in [-0.25, -0.2) is 9.97 Å². The molecule has 0 N–H and O–H groups in total. The summed E-state index contributed by atoms with van der Waals surface area (Å²) < 4.78 is 0. The molecule has 8 aromatic rings. The Hall–Kier alpha value is -6.70. The van der Waals surface area contributed by atoms with Crippen molar-refractivity contribution >= 4 is 10.8 Å². The van der Waals surface area contributed by atoms with Crippen LogP contribution in [0.2, 0.25) is 0 Å². The van der Waals surface area contributed by atoms with E-state index >= 15 is 0 Å². The molecule has 6 aromatic carbocycles. The Morgan fingerprint density at radius 2 is 1.16 bits per heavy atom. The van der Waals surface area contributed by atoms with Gasteiger partial charge in [0.1, 0.15) is 0 Å². The molecule has 0 saturated heterocycles. The first kappa shape index (κ1) is 30.4. The highest BCUT2D eigenvalue weighted by molar-refractivity contribution is 5.95. The molecule has 1 aliphatic rings. The number of fused-ring (bicyclic) bond motifs is 4. The van der Waals surface area contributed by atoms with Crippen molar-refractivity contribution in [3.05, 3.63) is 175 Å². The first-order chi connectivity index (χ1) is 24.9. The largest absolute Gasteiger partial charge is 0.264 e. The Balaban J connectivity index is 1.22. The van der Waals surface area contributed by atoms with Crippen molar-refractivity contribution in [3.63, 3.8) is 0 Å². The fourth-order valence-electron chi connectivity index (χ4n) is 7.44. The quantitative estimate of drug-likeness (QED) is 0.186. The topological polar surface area (TPSA) is 62.5 Å². The molecule has 4 heteroatoms. The lowest BCUT2D eigenvalue weighted by Gasteiger charge is -2.22. The van der Waals surface area contributed by atoms with Crippen molar-refractivity contribution in [2.75, 3.05) is 0 Å². The lowest BCUT2D eigenvalue weighted by atomic mass is 9.81. The maximum Gasteiger partial charge on any atom is 0.160 e. The van der Waals surface area contributed by atoms with E-state index < -0.39 is 0 Å². The van der Waals surface area contributed by atoms with Crippen LogP contribution in [-0.2, 0) is 5.41 Å². The average Bonchev–Trinajstić information content (AvgIpc) is 3.41. The number of rotatable bonds is 5. The third kappa shape index (κ3) is 5.37. The van der Waals surface area contributed by atoms with Crippen LogP contribution in [0.25, 0.3) is 78.1 Å². The molecule has 0 aliphatic heterocycles. The summed E-state index contributed by atoms with van der Waals surface area (Å²) in [6.07, 6.45) is 3.72. The van der Waals surface area contributed by atoms with Gasteiger partial charge < -0.3 is 0 Å². The monoisotopic (exact) mass is 652 g/mol. The fraction of sp³-hybridized carbons (Fsp3) is 0.0638. The third-order valence-electron chi connectivity index (χ3n) is 10.1. The molecule has 51 heavy (non-hydrogen) atoms. The molecule has 0 amide bonds. The van der Waals surface area contributed by atoms with Crippen LogP contribution in [0.15, 0.2) is 158 Å². The maximum absolute atomic E-state index is 9.53. The number of pyridine rings is 1. The van der Waals surface area contributed by atoms with Gasteiger partial charge in [-0.05, 0) is 110 Å². The summed E-state index contributed by atoms with van der Waals surface area (Å²) in [5, 5.41) is 11.8. The van der Waals surface area contributed by atoms with Crippen molar-refractivity contribution in [1.82, 2.24) is 15.0 Å². The van der Waals surface area contributed by atoms with Gasteiger partial charge in [-0.1, -0.05) is 98.8 Å². The van der Waals surface area contributed by atoms with Crippen LogP contribution in [0, 0.1) is 11.3 Å². The molecular formula is C47H32N4. The zero-order valence-corrected chi connectivity index (χ0v) is 28.3. The number of benzene rings is 6. The highest BCUT2D eigenvalue weighted by Gasteiger charge is 2.36. The summed E-state index contributed by atoms with van der Waals surface area (Å²) in [6.45, 7) is 4.60. The van der Waals surface area contributed by atoms with Gasteiger partial charge in [-0.15, -0.1) is 0 Å². The zero-order chi connectivity index (χ0) is 34.5. The van der Waals surface area contributed by atoms with Crippen molar-refractivity contribution in [3.8, 4) is 73.4 Å². The Bertz CT molecular complexity index is 2600. The van der Waals surface area contributed by atoms with Gasteiger partial charge in [-0.2, -0.15) is 5.26 Å². The molecule has 0 radical (unpaired) electrons. The van der Waals surface area contributed by atoms with E-state index in [4.69, 9.17) is 9.97 Å². The fourth-order valence-corrected chi connectivity index (χ4v) is 7.44. The first-order valence-corrected chi connectivity index (χ1v) is 17.1. The Labute approximate surface area is 297 Å². The summed E-state index contributed by atoms with van der Waals surface area (Å²) in [6, 6.07) is 53.0. The van der Waals surface area contributed by atoms with E-state index in [0.717, 1.165) is 61.1 Å². The third-order valence-corrected chi connectivity index (χ3v) is 10.1. The minimum Gasteiger partial charge on any atom is -0.264 e. The van der Waals surface area contributed by atoms with E-state index in [-0.39, 0.29) is 5.41 Å². The molecule has 0 atom stereocenters. The SMILES string of the molecule is CC1(C)c2cc(-c3cc(-c4cccnc4)cc(-c4cc(-c5ccccc5)nc(-c5ccccc5)n4)c3)ccc2-c2cc3ccc(C#N)cc3cc21. The second-order valence-electron chi connectivity index (χ2n) is 13.7. The number of nitriles is 1. The predicted molar refractivity (Wildman–Crippen MR) is 207 cm³/mol. The van der Waals surface area contributed by atoms with E-state index in [0.29, 0.717) is 11.4 Å². The number of aromatic nitrogens is 3. The summed E-state index contributed by atoms with van der Waals surface area (Å²) >= 11 is 0. The van der Waals surface area contributed by atoms with Crippen molar-refractivity contribution < 1.29 is 0 Å². The zero-order valence-electron chi connectivity index (χ0n) is 28.3. The Kier molecular flexibility index (Phi) is 7.15. The van der Waals surface area contributed by atoms with Gasteiger partial charge >= 0.3 is 0 Å². The van der Waals surface area contributed by atoms with E-state index in [1.165, 1.54) is 22.3 Å². The molecule has 1 aliphatic carbocycles. The van der Waals surface area contributed by atoms with Crippen LogP contribution in [0.3, 0.4) is 0 Å². The van der Waals surface area contributed by atoms with E-state index in [2.05, 4.69) is 116 Å². The van der Waals surface area contributed by atoms with E-state index in [9.17, 15) is 5.26 Å². The van der Waals surface area contributed by atoms with Crippen LogP contribution < -0.4 is 0 Å². The molecule has 4 nitrogen and oxygen atoms in total. The van der Waals surface area contributed by atoms with Crippen molar-refractivity contribution in [2.24, 2.45) is 0 Å². The normalized spacial score (nSPS) is 12.6. The van der Waals surface area contributed by atoms with E-state index in [1.54, 1.807) is 0 Å². The number of hydrogen-bond donors (Lipinski definition) is 0. The van der Waals surface area contributed by atoms with E-state index in [1.807, 2.05) is 67.0 Å². The molecular weight excluding hydrogens is 621 g/mol. The Morgan fingerprint density at radius 1 is 0.490 bits per heavy atom. The predicted octanol–water partition coefficient (Wildman–Crippen LogP) is 11.5. The second kappa shape index (κ2) is 12.0. The summed E-state index contributed by atoms with van der Waals surface area (Å²) in [5.41, 5.74) is 14.6. The number of hydrogen-bond acceptors (Lipinski definition) is 4. The van der Waals surface area contributed by atoms with Gasteiger partial charge in [0.05, 0.1) is 23.0 Å². The number of nitrogens with zero attached hydrogens (tertiary/aromatic N) is 4. The van der Waals surface area contributed by atoms with Crippen LogP contribution >= 0.6 is 0 Å². The molecule has 0 fully saturated rings. The molecule has 0 spiro atoms. The highest BCUT2D eigenvalue weighted by atomic mass is 14.9. The molecule has 0 saturated carbocycles. The Morgan fingerprint density at radius 3 is 1.88 bits per heavy atom. The van der Waals surface area contributed by atoms with Gasteiger partial charge in [0.15, 0.2) is 5.82 Å². The van der Waals surface area contributed by atoms with Crippen LogP contribution in [-0.4, -0.2) is 15.0 Å². The summed E-state index contributed by atoms with van der Waals surface area (Å²) in [4.78, 5) is 14.7. The lowest BCUT2D eigenvalue weighted by molar-refractivity contribution is 0.661. The molecule has 0 bridgehead atoms. The lowest BCUT2D eigenvalue weighted by Crippen LogP contribution is -2.15. The minimum atomic E-state index is -0.219. The standard InChI is InChI=1S/C47H32N4/c1-47(2)42-25-34(17-18-40(42)41-24-33-16-15-30(28-48)20-36(33)26-43(41)47)37-21-38(35-14-9-19-49-29-35)23-39(22-37)45-27-44(31-10-5-3-6-11-31)50-46(51-45)32-12-7-4-8-13-32/h3-27,29H,1-2H3. The van der Waals surface area contributed by atoms with Crippen LogP contribution in [0.5, 0.6) is 0 Å². The van der Waals surface area contributed by atoms with Gasteiger partial charge in [0, 0.05) is 40.1 Å². The van der Waals surface area contributed by atoms with Crippen LogP contribution in [0.1, 0.15) is 30.5 Å². The van der Waals surface area contributed by atoms with Gasteiger partial charge in [-0.3, -0.25) is 4.98 Å². The first-order valence-electron chi connectivity index (χ1n) is 17.1. The van der Waals surface area contributed by atoms with Crippen molar-refractivity contribution in [1.29, 1.82) is 5.26 Å².